The minimum atomic E-state index is 0.364. The van der Waals surface area contributed by atoms with E-state index in [0.29, 0.717) is 12.5 Å². The van der Waals surface area contributed by atoms with E-state index in [-0.39, 0.29) is 0 Å². The summed E-state index contributed by atoms with van der Waals surface area (Å²) in [6.07, 6.45) is 5.74. The van der Waals surface area contributed by atoms with Crippen molar-refractivity contribution in [3.63, 3.8) is 0 Å². The predicted molar refractivity (Wildman–Crippen MR) is 97.9 cm³/mol. The van der Waals surface area contributed by atoms with Gasteiger partial charge in [-0.25, -0.2) is 0 Å². The SMILES string of the molecule is Cc1ccsc1CN1CCCC(c2nc(CCOCC3CC3)no2)C1. The van der Waals surface area contributed by atoms with Crippen LogP contribution < -0.4 is 0 Å². The van der Waals surface area contributed by atoms with Crippen molar-refractivity contribution in [1.82, 2.24) is 15.0 Å². The van der Waals surface area contributed by atoms with Gasteiger partial charge in [-0.15, -0.1) is 11.3 Å². The highest BCUT2D eigenvalue weighted by Crippen LogP contribution is 2.29. The van der Waals surface area contributed by atoms with Gasteiger partial charge in [-0.2, -0.15) is 4.98 Å². The van der Waals surface area contributed by atoms with Crippen LogP contribution in [0, 0.1) is 12.8 Å². The zero-order chi connectivity index (χ0) is 17.1. The van der Waals surface area contributed by atoms with E-state index in [1.54, 1.807) is 0 Å². The molecule has 0 N–H and O–H groups in total. The van der Waals surface area contributed by atoms with Gasteiger partial charge >= 0.3 is 0 Å². The summed E-state index contributed by atoms with van der Waals surface area (Å²) in [4.78, 5) is 8.63. The van der Waals surface area contributed by atoms with Gasteiger partial charge in [-0.05, 0) is 62.1 Å². The van der Waals surface area contributed by atoms with Crippen LogP contribution in [0.25, 0.3) is 0 Å². The molecule has 2 aromatic heterocycles. The first kappa shape index (κ1) is 17.2. The molecule has 136 valence electrons. The first-order chi connectivity index (χ1) is 12.3. The molecule has 2 fully saturated rings. The second-order valence-corrected chi connectivity index (χ2v) is 8.42. The summed E-state index contributed by atoms with van der Waals surface area (Å²) >= 11 is 1.85. The summed E-state index contributed by atoms with van der Waals surface area (Å²) in [6, 6.07) is 2.21. The second-order valence-electron chi connectivity index (χ2n) is 7.42. The first-order valence-electron chi connectivity index (χ1n) is 9.43. The lowest BCUT2D eigenvalue weighted by molar-refractivity contribution is 0.125. The van der Waals surface area contributed by atoms with Crippen molar-refractivity contribution in [2.75, 3.05) is 26.3 Å². The van der Waals surface area contributed by atoms with Crippen molar-refractivity contribution in [3.8, 4) is 0 Å². The third-order valence-corrected chi connectivity index (χ3v) is 6.20. The number of thiophene rings is 1. The van der Waals surface area contributed by atoms with E-state index >= 15 is 0 Å². The molecule has 1 aliphatic carbocycles. The smallest absolute Gasteiger partial charge is 0.231 e. The van der Waals surface area contributed by atoms with E-state index in [9.17, 15) is 0 Å². The van der Waals surface area contributed by atoms with Crippen LogP contribution in [0.4, 0.5) is 0 Å². The number of hydrogen-bond donors (Lipinski definition) is 0. The van der Waals surface area contributed by atoms with E-state index in [1.165, 1.54) is 29.7 Å². The van der Waals surface area contributed by atoms with Crippen LogP contribution in [0.1, 0.15) is 53.8 Å². The zero-order valence-corrected chi connectivity index (χ0v) is 15.8. The molecule has 0 bridgehead atoms. The van der Waals surface area contributed by atoms with Crippen molar-refractivity contribution < 1.29 is 9.26 Å². The van der Waals surface area contributed by atoms with Crippen molar-refractivity contribution in [3.05, 3.63) is 33.6 Å². The van der Waals surface area contributed by atoms with Crippen LogP contribution in [0.15, 0.2) is 16.0 Å². The Bertz CT molecular complexity index is 680. The highest BCUT2D eigenvalue weighted by molar-refractivity contribution is 7.10. The van der Waals surface area contributed by atoms with Gasteiger partial charge in [-0.3, -0.25) is 4.90 Å². The first-order valence-corrected chi connectivity index (χ1v) is 10.3. The molecule has 1 atom stereocenters. The van der Waals surface area contributed by atoms with Crippen LogP contribution in [0.5, 0.6) is 0 Å². The summed E-state index contributed by atoms with van der Waals surface area (Å²) in [6.45, 7) is 6.99. The average Bonchev–Trinajstić information content (AvgIpc) is 3.18. The predicted octanol–water partition coefficient (Wildman–Crippen LogP) is 3.79. The Morgan fingerprint density at radius 1 is 1.36 bits per heavy atom. The summed E-state index contributed by atoms with van der Waals surface area (Å²) in [5.74, 6) is 2.77. The Kier molecular flexibility index (Phi) is 5.48. The van der Waals surface area contributed by atoms with E-state index < -0.39 is 0 Å². The Morgan fingerprint density at radius 2 is 2.28 bits per heavy atom. The van der Waals surface area contributed by atoms with Crippen LogP contribution in [-0.4, -0.2) is 41.3 Å². The Morgan fingerprint density at radius 3 is 3.08 bits per heavy atom. The second kappa shape index (κ2) is 7.98. The zero-order valence-electron chi connectivity index (χ0n) is 14.9. The van der Waals surface area contributed by atoms with E-state index in [2.05, 4.69) is 33.4 Å². The standard InChI is InChI=1S/C19H27N3O2S/c1-14-7-10-25-17(14)12-22-8-2-3-16(11-22)19-20-18(21-24-19)6-9-23-13-15-4-5-15/h7,10,15-16H,2-6,8-9,11-13H2,1H3. The van der Waals surface area contributed by atoms with Gasteiger partial charge in [0.15, 0.2) is 5.82 Å². The van der Waals surface area contributed by atoms with Gasteiger partial charge in [0.1, 0.15) is 0 Å². The van der Waals surface area contributed by atoms with Crippen molar-refractivity contribution >= 4 is 11.3 Å². The van der Waals surface area contributed by atoms with Crippen molar-refractivity contribution in [2.24, 2.45) is 5.92 Å². The van der Waals surface area contributed by atoms with E-state index in [1.807, 2.05) is 11.3 Å². The Labute approximate surface area is 153 Å². The van der Waals surface area contributed by atoms with Crippen LogP contribution >= 0.6 is 11.3 Å². The molecule has 0 aromatic carbocycles. The van der Waals surface area contributed by atoms with Crippen molar-refractivity contribution in [2.45, 2.75) is 51.5 Å². The molecule has 25 heavy (non-hydrogen) atoms. The summed E-state index contributed by atoms with van der Waals surface area (Å²) in [5, 5.41) is 6.34. The third kappa shape index (κ3) is 4.68. The fourth-order valence-corrected chi connectivity index (χ4v) is 4.35. The number of nitrogens with zero attached hydrogens (tertiary/aromatic N) is 3. The van der Waals surface area contributed by atoms with Crippen molar-refractivity contribution in [1.29, 1.82) is 0 Å². The monoisotopic (exact) mass is 361 g/mol. The van der Waals surface area contributed by atoms with Crippen LogP contribution in [0.3, 0.4) is 0 Å². The van der Waals surface area contributed by atoms with Gasteiger partial charge in [0.05, 0.1) is 12.5 Å². The maximum atomic E-state index is 5.67. The van der Waals surface area contributed by atoms with Gasteiger partial charge in [-0.1, -0.05) is 5.16 Å². The molecule has 1 saturated carbocycles. The maximum Gasteiger partial charge on any atom is 0.231 e. The molecule has 5 nitrogen and oxygen atoms in total. The molecule has 1 unspecified atom stereocenters. The summed E-state index contributed by atoms with van der Waals surface area (Å²) in [7, 11) is 0. The molecule has 0 spiro atoms. The quantitative estimate of drug-likeness (QED) is 0.670. The highest BCUT2D eigenvalue weighted by Gasteiger charge is 2.26. The fraction of sp³-hybridized carbons (Fsp3) is 0.684. The van der Waals surface area contributed by atoms with E-state index in [4.69, 9.17) is 9.26 Å². The number of aryl methyl sites for hydroxylation is 1. The molecule has 0 radical (unpaired) electrons. The normalized spacial score (nSPS) is 21.7. The fourth-order valence-electron chi connectivity index (χ4n) is 3.40. The molecular weight excluding hydrogens is 334 g/mol. The molecule has 2 aliphatic rings. The lowest BCUT2D eigenvalue weighted by Crippen LogP contribution is -2.33. The summed E-state index contributed by atoms with van der Waals surface area (Å²) in [5.41, 5.74) is 1.40. The minimum absolute atomic E-state index is 0.364. The number of likely N-dealkylation sites (tertiary alicyclic amines) is 1. The number of ether oxygens (including phenoxy) is 1. The molecular formula is C19H27N3O2S. The molecule has 0 amide bonds. The van der Waals surface area contributed by atoms with Crippen LogP contribution in [-0.2, 0) is 17.7 Å². The summed E-state index contributed by atoms with van der Waals surface area (Å²) < 4.78 is 11.2. The molecule has 6 heteroatoms. The molecule has 4 rings (SSSR count). The maximum absolute atomic E-state index is 5.67. The lowest BCUT2D eigenvalue weighted by atomic mass is 9.98. The van der Waals surface area contributed by atoms with Gasteiger partial charge in [0, 0.05) is 31.0 Å². The topological polar surface area (TPSA) is 51.4 Å². The number of hydrogen-bond acceptors (Lipinski definition) is 6. The van der Waals surface area contributed by atoms with Gasteiger partial charge < -0.3 is 9.26 Å². The minimum Gasteiger partial charge on any atom is -0.381 e. The largest absolute Gasteiger partial charge is 0.381 e. The van der Waals surface area contributed by atoms with E-state index in [0.717, 1.165) is 56.7 Å². The Hall–Kier alpha value is -1.24. The highest BCUT2D eigenvalue weighted by atomic mass is 32.1. The number of piperidine rings is 1. The lowest BCUT2D eigenvalue weighted by Gasteiger charge is -2.30. The van der Waals surface area contributed by atoms with Gasteiger partial charge in [0.25, 0.3) is 0 Å². The number of aromatic nitrogens is 2. The molecule has 1 saturated heterocycles. The molecule has 2 aromatic rings. The number of rotatable bonds is 8. The Balaban J connectivity index is 1.28. The van der Waals surface area contributed by atoms with Gasteiger partial charge in [0.2, 0.25) is 5.89 Å². The third-order valence-electron chi connectivity index (χ3n) is 5.19. The molecule has 3 heterocycles. The van der Waals surface area contributed by atoms with Crippen LogP contribution in [0.2, 0.25) is 0 Å². The molecule has 1 aliphatic heterocycles. The average molecular weight is 362 g/mol.